The van der Waals surface area contributed by atoms with E-state index in [-0.39, 0.29) is 0 Å². The predicted octanol–water partition coefficient (Wildman–Crippen LogP) is 3.06. The second-order valence-electron chi connectivity index (χ2n) is 5.93. The molecule has 0 radical (unpaired) electrons. The van der Waals surface area contributed by atoms with E-state index in [2.05, 4.69) is 32.1 Å². The average Bonchev–Trinajstić information content (AvgIpc) is 3.03. The molecule has 0 bridgehead atoms. The number of aromatic nitrogens is 5. The second-order valence-corrected chi connectivity index (χ2v) is 5.93. The van der Waals surface area contributed by atoms with Gasteiger partial charge in [-0.25, -0.2) is 9.97 Å². The van der Waals surface area contributed by atoms with E-state index >= 15 is 0 Å². The molecule has 3 aromatic heterocycles. The van der Waals surface area contributed by atoms with Gasteiger partial charge < -0.3 is 4.90 Å². The van der Waals surface area contributed by atoms with E-state index in [1.54, 1.807) is 10.9 Å². The predicted molar refractivity (Wildman–Crippen MR) is 98.1 cm³/mol. The van der Waals surface area contributed by atoms with Crippen molar-refractivity contribution in [1.82, 2.24) is 24.7 Å². The molecule has 0 amide bonds. The van der Waals surface area contributed by atoms with Crippen LogP contribution in [0.15, 0.2) is 60.9 Å². The lowest BCUT2D eigenvalue weighted by molar-refractivity contribution is 0.785. The van der Waals surface area contributed by atoms with E-state index in [4.69, 9.17) is 4.98 Å². The van der Waals surface area contributed by atoms with Gasteiger partial charge in [0.05, 0.1) is 11.6 Å². The SMILES string of the molecule is CN(Cc1ccccc1)c1nc(-c2ccccn2)nc2c1cnn2C. The lowest BCUT2D eigenvalue weighted by Crippen LogP contribution is -2.18. The monoisotopic (exact) mass is 330 g/mol. The Labute approximate surface area is 145 Å². The molecule has 0 unspecified atom stereocenters. The van der Waals surface area contributed by atoms with Crippen LogP contribution < -0.4 is 4.90 Å². The third-order valence-electron chi connectivity index (χ3n) is 4.09. The molecular weight excluding hydrogens is 312 g/mol. The molecule has 3 heterocycles. The van der Waals surface area contributed by atoms with Crippen LogP contribution in [0.3, 0.4) is 0 Å². The van der Waals surface area contributed by atoms with E-state index in [0.29, 0.717) is 5.82 Å². The molecule has 4 aromatic rings. The number of benzene rings is 1. The van der Waals surface area contributed by atoms with Gasteiger partial charge in [0, 0.05) is 26.8 Å². The molecule has 0 atom stereocenters. The summed E-state index contributed by atoms with van der Waals surface area (Å²) in [5, 5.41) is 5.28. The van der Waals surface area contributed by atoms with Crippen LogP contribution in [-0.2, 0) is 13.6 Å². The first-order chi connectivity index (χ1) is 12.2. The van der Waals surface area contributed by atoms with E-state index in [9.17, 15) is 0 Å². The van der Waals surface area contributed by atoms with Gasteiger partial charge in [0.2, 0.25) is 0 Å². The molecule has 25 heavy (non-hydrogen) atoms. The van der Waals surface area contributed by atoms with E-state index in [1.165, 1.54) is 5.56 Å². The number of rotatable bonds is 4. The number of aryl methyl sites for hydroxylation is 1. The van der Waals surface area contributed by atoms with E-state index < -0.39 is 0 Å². The minimum Gasteiger partial charge on any atom is -0.355 e. The first-order valence-corrected chi connectivity index (χ1v) is 8.08. The highest BCUT2D eigenvalue weighted by Gasteiger charge is 2.16. The second kappa shape index (κ2) is 6.32. The van der Waals surface area contributed by atoms with Gasteiger partial charge >= 0.3 is 0 Å². The van der Waals surface area contributed by atoms with Crippen LogP contribution in [0.25, 0.3) is 22.6 Å². The molecule has 0 aliphatic heterocycles. The summed E-state index contributed by atoms with van der Waals surface area (Å²) < 4.78 is 1.77. The maximum Gasteiger partial charge on any atom is 0.182 e. The molecule has 0 saturated heterocycles. The summed E-state index contributed by atoms with van der Waals surface area (Å²) in [4.78, 5) is 15.9. The highest BCUT2D eigenvalue weighted by molar-refractivity contribution is 5.88. The quantitative estimate of drug-likeness (QED) is 0.575. The van der Waals surface area contributed by atoms with Crippen molar-refractivity contribution < 1.29 is 0 Å². The van der Waals surface area contributed by atoms with Crippen molar-refractivity contribution >= 4 is 16.9 Å². The van der Waals surface area contributed by atoms with Gasteiger partial charge in [-0.2, -0.15) is 5.10 Å². The molecule has 0 saturated carbocycles. The molecule has 4 rings (SSSR count). The fraction of sp³-hybridized carbons (Fsp3) is 0.158. The molecule has 0 aliphatic carbocycles. The largest absolute Gasteiger partial charge is 0.355 e. The van der Waals surface area contributed by atoms with Crippen molar-refractivity contribution in [2.24, 2.45) is 7.05 Å². The van der Waals surface area contributed by atoms with Crippen molar-refractivity contribution in [3.05, 3.63) is 66.5 Å². The van der Waals surface area contributed by atoms with Gasteiger partial charge in [0.15, 0.2) is 11.5 Å². The Bertz CT molecular complexity index is 995. The zero-order chi connectivity index (χ0) is 17.2. The summed E-state index contributed by atoms with van der Waals surface area (Å²) in [6, 6.07) is 16.1. The number of fused-ring (bicyclic) bond motifs is 1. The van der Waals surface area contributed by atoms with Gasteiger partial charge in [0.25, 0.3) is 0 Å². The topological polar surface area (TPSA) is 59.7 Å². The molecule has 6 nitrogen and oxygen atoms in total. The molecule has 0 aliphatic rings. The Morgan fingerprint density at radius 1 is 1.00 bits per heavy atom. The van der Waals surface area contributed by atoms with Gasteiger partial charge in [-0.3, -0.25) is 9.67 Å². The standard InChI is InChI=1S/C19H18N6/c1-24(13-14-8-4-3-5-9-14)18-15-12-21-25(2)19(15)23-17(22-18)16-10-6-7-11-20-16/h3-12H,13H2,1-2H3. The van der Waals surface area contributed by atoms with Crippen LogP contribution in [-0.4, -0.2) is 31.8 Å². The van der Waals surface area contributed by atoms with Crippen LogP contribution in [0.4, 0.5) is 5.82 Å². The number of hydrogen-bond donors (Lipinski definition) is 0. The van der Waals surface area contributed by atoms with Crippen LogP contribution in [0.2, 0.25) is 0 Å². The Morgan fingerprint density at radius 2 is 1.80 bits per heavy atom. The summed E-state index contributed by atoms with van der Waals surface area (Å²) in [7, 11) is 3.92. The first kappa shape index (κ1) is 15.3. The molecule has 6 heteroatoms. The molecule has 124 valence electrons. The zero-order valence-electron chi connectivity index (χ0n) is 14.2. The highest BCUT2D eigenvalue weighted by Crippen LogP contribution is 2.26. The fourth-order valence-electron chi connectivity index (χ4n) is 2.84. The summed E-state index contributed by atoms with van der Waals surface area (Å²) in [5.74, 6) is 1.45. The Kier molecular flexibility index (Phi) is 3.85. The summed E-state index contributed by atoms with van der Waals surface area (Å²) in [6.45, 7) is 0.753. The smallest absolute Gasteiger partial charge is 0.182 e. The maximum atomic E-state index is 4.78. The molecule has 1 aromatic carbocycles. The molecule has 0 spiro atoms. The number of pyridine rings is 1. The third-order valence-corrected chi connectivity index (χ3v) is 4.09. The van der Waals surface area contributed by atoms with Gasteiger partial charge in [-0.15, -0.1) is 0 Å². The number of hydrogen-bond acceptors (Lipinski definition) is 5. The normalized spacial score (nSPS) is 11.0. The molecule has 0 fully saturated rings. The summed E-state index contributed by atoms with van der Waals surface area (Å²) >= 11 is 0. The number of anilines is 1. The van der Waals surface area contributed by atoms with Crippen LogP contribution >= 0.6 is 0 Å². The first-order valence-electron chi connectivity index (χ1n) is 8.08. The summed E-state index contributed by atoms with van der Waals surface area (Å²) in [6.07, 6.45) is 3.56. The Balaban J connectivity index is 1.81. The van der Waals surface area contributed by atoms with Gasteiger partial charge in [0.1, 0.15) is 11.5 Å². The lowest BCUT2D eigenvalue weighted by Gasteiger charge is -2.19. The van der Waals surface area contributed by atoms with Crippen molar-refractivity contribution in [2.45, 2.75) is 6.54 Å². The van der Waals surface area contributed by atoms with Crippen LogP contribution in [0.1, 0.15) is 5.56 Å². The number of nitrogens with zero attached hydrogens (tertiary/aromatic N) is 6. The lowest BCUT2D eigenvalue weighted by atomic mass is 10.2. The van der Waals surface area contributed by atoms with E-state index in [0.717, 1.165) is 29.1 Å². The Hall–Kier alpha value is -3.28. The highest BCUT2D eigenvalue weighted by atomic mass is 15.3. The van der Waals surface area contributed by atoms with Crippen molar-refractivity contribution in [2.75, 3.05) is 11.9 Å². The summed E-state index contributed by atoms with van der Waals surface area (Å²) in [5.41, 5.74) is 2.77. The van der Waals surface area contributed by atoms with Crippen LogP contribution in [0, 0.1) is 0 Å². The van der Waals surface area contributed by atoms with Crippen LogP contribution in [0.5, 0.6) is 0 Å². The molecule has 0 N–H and O–H groups in total. The van der Waals surface area contributed by atoms with E-state index in [1.807, 2.05) is 56.7 Å². The van der Waals surface area contributed by atoms with Gasteiger partial charge in [-0.1, -0.05) is 36.4 Å². The zero-order valence-corrected chi connectivity index (χ0v) is 14.2. The fourth-order valence-corrected chi connectivity index (χ4v) is 2.84. The molecular formula is C19H18N6. The van der Waals surface area contributed by atoms with Crippen molar-refractivity contribution in [1.29, 1.82) is 0 Å². The van der Waals surface area contributed by atoms with Crippen molar-refractivity contribution in [3.8, 4) is 11.5 Å². The van der Waals surface area contributed by atoms with Gasteiger partial charge in [-0.05, 0) is 17.7 Å². The van der Waals surface area contributed by atoms with Crippen molar-refractivity contribution in [3.63, 3.8) is 0 Å². The Morgan fingerprint density at radius 3 is 2.56 bits per heavy atom. The maximum absolute atomic E-state index is 4.78. The third kappa shape index (κ3) is 2.94. The minimum atomic E-state index is 0.603. The average molecular weight is 330 g/mol. The minimum absolute atomic E-state index is 0.603.